The zero-order valence-electron chi connectivity index (χ0n) is 12.1. The molecule has 0 bridgehead atoms. The first-order valence-electron chi connectivity index (χ1n) is 7.45. The molecule has 2 unspecified atom stereocenters. The lowest BCUT2D eigenvalue weighted by Gasteiger charge is -2.39. The number of piperazine rings is 1. The van der Waals surface area contributed by atoms with Gasteiger partial charge in [-0.25, -0.2) is 0 Å². The predicted molar refractivity (Wildman–Crippen MR) is 79.7 cm³/mol. The van der Waals surface area contributed by atoms with Crippen LogP contribution in [0.25, 0.3) is 0 Å². The van der Waals surface area contributed by atoms with E-state index in [-0.39, 0.29) is 0 Å². The van der Waals surface area contributed by atoms with Crippen LogP contribution in [0.15, 0.2) is 30.3 Å². The molecule has 2 rings (SSSR count). The van der Waals surface area contributed by atoms with Gasteiger partial charge in [-0.3, -0.25) is 4.90 Å². The van der Waals surface area contributed by atoms with Crippen LogP contribution in [0.3, 0.4) is 0 Å². The minimum absolute atomic E-state index is 0.609. The maximum atomic E-state index is 5.75. The summed E-state index contributed by atoms with van der Waals surface area (Å²) in [6.45, 7) is 8.76. The molecule has 2 atom stereocenters. The molecule has 0 amide bonds. The maximum absolute atomic E-state index is 5.75. The van der Waals surface area contributed by atoms with Crippen molar-refractivity contribution >= 4 is 0 Å². The average Bonchev–Trinajstić information content (AvgIpc) is 2.45. The molecule has 106 valence electrons. The van der Waals surface area contributed by atoms with Crippen molar-refractivity contribution in [2.45, 2.75) is 38.8 Å². The zero-order valence-corrected chi connectivity index (χ0v) is 12.1. The second-order valence-electron chi connectivity index (χ2n) is 5.38. The van der Waals surface area contributed by atoms with Crippen LogP contribution in [0, 0.1) is 0 Å². The minimum atomic E-state index is 0.609. The highest BCUT2D eigenvalue weighted by Crippen LogP contribution is 2.12. The molecular weight excluding hydrogens is 236 g/mol. The molecule has 1 aliphatic heterocycles. The Morgan fingerprint density at radius 1 is 1.32 bits per heavy atom. The number of nitrogens with zero attached hydrogens (tertiary/aromatic N) is 1. The normalized spacial score (nSPS) is 24.3. The van der Waals surface area contributed by atoms with E-state index in [1.54, 1.807) is 0 Å². The molecular formula is C16H26N2O. The molecule has 19 heavy (non-hydrogen) atoms. The first-order valence-corrected chi connectivity index (χ1v) is 7.45. The quantitative estimate of drug-likeness (QED) is 0.797. The summed E-state index contributed by atoms with van der Waals surface area (Å²) in [6.07, 6.45) is 2.32. The van der Waals surface area contributed by atoms with Gasteiger partial charge in [-0.15, -0.1) is 0 Å². The van der Waals surface area contributed by atoms with Gasteiger partial charge in [0.2, 0.25) is 0 Å². The summed E-state index contributed by atoms with van der Waals surface area (Å²) >= 11 is 0. The van der Waals surface area contributed by atoms with Crippen molar-refractivity contribution in [1.82, 2.24) is 10.2 Å². The summed E-state index contributed by atoms with van der Waals surface area (Å²) in [5.41, 5.74) is 0. The number of benzene rings is 1. The first-order chi connectivity index (χ1) is 9.29. The molecule has 3 heteroatoms. The van der Waals surface area contributed by atoms with Crippen molar-refractivity contribution < 1.29 is 4.74 Å². The maximum Gasteiger partial charge on any atom is 0.119 e. The van der Waals surface area contributed by atoms with Gasteiger partial charge in [0.1, 0.15) is 5.75 Å². The fourth-order valence-corrected chi connectivity index (χ4v) is 2.68. The molecule has 1 N–H and O–H groups in total. The van der Waals surface area contributed by atoms with E-state index in [4.69, 9.17) is 4.74 Å². The number of nitrogens with one attached hydrogen (secondary N) is 1. The molecule has 0 aromatic heterocycles. The van der Waals surface area contributed by atoms with Gasteiger partial charge in [-0.1, -0.05) is 25.1 Å². The van der Waals surface area contributed by atoms with Gasteiger partial charge in [0, 0.05) is 31.7 Å². The second kappa shape index (κ2) is 7.51. The Morgan fingerprint density at radius 2 is 2.11 bits per heavy atom. The molecule has 0 radical (unpaired) electrons. The highest BCUT2D eigenvalue weighted by atomic mass is 16.5. The van der Waals surface area contributed by atoms with Gasteiger partial charge in [0.15, 0.2) is 0 Å². The lowest BCUT2D eigenvalue weighted by Crippen LogP contribution is -2.55. The van der Waals surface area contributed by atoms with Gasteiger partial charge in [0.05, 0.1) is 6.61 Å². The van der Waals surface area contributed by atoms with E-state index in [1.165, 1.54) is 6.42 Å². The summed E-state index contributed by atoms with van der Waals surface area (Å²) < 4.78 is 5.75. The minimum Gasteiger partial charge on any atom is -0.494 e. The third kappa shape index (κ3) is 4.51. The van der Waals surface area contributed by atoms with Gasteiger partial charge >= 0.3 is 0 Å². The van der Waals surface area contributed by atoms with Crippen LogP contribution in [0.5, 0.6) is 5.75 Å². The highest BCUT2D eigenvalue weighted by Gasteiger charge is 2.23. The molecule has 0 saturated carbocycles. The van der Waals surface area contributed by atoms with Crippen LogP contribution >= 0.6 is 0 Å². The van der Waals surface area contributed by atoms with Gasteiger partial charge < -0.3 is 10.1 Å². The Labute approximate surface area is 116 Å². The standard InChI is InChI=1S/C16H26N2O/c1-3-15-12-17-14(2)13-18(15)10-7-11-19-16-8-5-4-6-9-16/h4-6,8-9,14-15,17H,3,7,10-13H2,1-2H3. The molecule has 0 aliphatic carbocycles. The molecule has 1 heterocycles. The molecule has 1 fully saturated rings. The molecule has 1 aromatic carbocycles. The molecule has 0 spiro atoms. The summed E-state index contributed by atoms with van der Waals surface area (Å²) in [7, 11) is 0. The van der Waals surface area contributed by atoms with E-state index in [0.717, 1.165) is 38.4 Å². The SMILES string of the molecule is CCC1CNC(C)CN1CCCOc1ccccc1. The third-order valence-electron chi connectivity index (χ3n) is 3.80. The predicted octanol–water partition coefficient (Wildman–Crippen LogP) is 2.53. The molecule has 3 nitrogen and oxygen atoms in total. The molecule has 1 aliphatic rings. The Morgan fingerprint density at radius 3 is 2.84 bits per heavy atom. The Bertz CT molecular complexity index is 355. The highest BCUT2D eigenvalue weighted by molar-refractivity contribution is 5.20. The van der Waals surface area contributed by atoms with Crippen molar-refractivity contribution in [2.75, 3.05) is 26.2 Å². The van der Waals surface area contributed by atoms with Gasteiger partial charge in [-0.2, -0.15) is 0 Å². The molecule has 1 saturated heterocycles. The van der Waals surface area contributed by atoms with Crippen molar-refractivity contribution in [1.29, 1.82) is 0 Å². The summed E-state index contributed by atoms with van der Waals surface area (Å²) in [5, 5.41) is 3.56. The average molecular weight is 262 g/mol. The fourth-order valence-electron chi connectivity index (χ4n) is 2.68. The topological polar surface area (TPSA) is 24.5 Å². The van der Waals surface area contributed by atoms with Crippen LogP contribution in [0.1, 0.15) is 26.7 Å². The van der Waals surface area contributed by atoms with E-state index in [1.807, 2.05) is 30.3 Å². The van der Waals surface area contributed by atoms with E-state index in [0.29, 0.717) is 12.1 Å². The zero-order chi connectivity index (χ0) is 13.5. The lowest BCUT2D eigenvalue weighted by molar-refractivity contribution is 0.123. The summed E-state index contributed by atoms with van der Waals surface area (Å²) in [6, 6.07) is 11.4. The van der Waals surface area contributed by atoms with E-state index in [9.17, 15) is 0 Å². The van der Waals surface area contributed by atoms with Gasteiger partial charge in [-0.05, 0) is 31.9 Å². The van der Waals surface area contributed by atoms with Crippen LogP contribution < -0.4 is 10.1 Å². The van der Waals surface area contributed by atoms with E-state index in [2.05, 4.69) is 24.1 Å². The Balaban J connectivity index is 1.69. The number of ether oxygens (including phenoxy) is 1. The van der Waals surface area contributed by atoms with E-state index < -0.39 is 0 Å². The van der Waals surface area contributed by atoms with Crippen LogP contribution in [0.2, 0.25) is 0 Å². The molecule has 1 aromatic rings. The van der Waals surface area contributed by atoms with Gasteiger partial charge in [0.25, 0.3) is 0 Å². The van der Waals surface area contributed by atoms with Crippen molar-refractivity contribution in [3.63, 3.8) is 0 Å². The third-order valence-corrected chi connectivity index (χ3v) is 3.80. The number of hydrogen-bond donors (Lipinski definition) is 1. The lowest BCUT2D eigenvalue weighted by atomic mass is 10.1. The first kappa shape index (κ1) is 14.4. The van der Waals surface area contributed by atoms with Crippen LogP contribution in [-0.2, 0) is 0 Å². The van der Waals surface area contributed by atoms with Crippen LogP contribution in [-0.4, -0.2) is 43.2 Å². The number of para-hydroxylation sites is 1. The fraction of sp³-hybridized carbons (Fsp3) is 0.625. The Hall–Kier alpha value is -1.06. The van der Waals surface area contributed by atoms with Crippen LogP contribution in [0.4, 0.5) is 0 Å². The van der Waals surface area contributed by atoms with Crippen molar-refractivity contribution in [3.8, 4) is 5.75 Å². The number of hydrogen-bond acceptors (Lipinski definition) is 3. The van der Waals surface area contributed by atoms with Crippen molar-refractivity contribution in [3.05, 3.63) is 30.3 Å². The number of rotatable bonds is 6. The summed E-state index contributed by atoms with van der Waals surface area (Å²) in [4.78, 5) is 2.61. The largest absolute Gasteiger partial charge is 0.494 e. The Kier molecular flexibility index (Phi) is 5.67. The monoisotopic (exact) mass is 262 g/mol. The van der Waals surface area contributed by atoms with E-state index >= 15 is 0 Å². The van der Waals surface area contributed by atoms with Crippen molar-refractivity contribution in [2.24, 2.45) is 0 Å². The smallest absolute Gasteiger partial charge is 0.119 e. The summed E-state index contributed by atoms with van der Waals surface area (Å²) in [5.74, 6) is 0.975. The second-order valence-corrected chi connectivity index (χ2v) is 5.38.